The number of fused-ring (bicyclic) bond motifs is 2. The molecule has 0 spiro atoms. The standard InChI is InChI=1S/C23H18FN5O2.C4H4O4/c1-2-16(29-23-19-22(26-11-25-19)27-12-28-23)21-18(13-6-5-7-14(24)10-13)20(30)15-8-3-4-9-17(15)31-21;5-3(6)1-2-4(7)8/h3-12,16H,2H2,1H3,(H2,25,26,27,28,29);1-2H,(H,5,6)(H,7,8)/b;2-1-. The molecule has 0 aliphatic rings. The van der Waals surface area contributed by atoms with Crippen molar-refractivity contribution in [3.8, 4) is 11.1 Å². The third-order valence-electron chi connectivity index (χ3n) is 5.56. The van der Waals surface area contributed by atoms with Gasteiger partial charge in [-0.05, 0) is 36.2 Å². The van der Waals surface area contributed by atoms with E-state index in [0.717, 1.165) is 0 Å². The van der Waals surface area contributed by atoms with Crippen molar-refractivity contribution in [2.24, 2.45) is 0 Å². The van der Waals surface area contributed by atoms with Crippen molar-refractivity contribution in [1.82, 2.24) is 19.9 Å². The number of carboxylic acid groups (broad SMARTS) is 2. The molecule has 0 fully saturated rings. The maximum Gasteiger partial charge on any atom is 0.328 e. The molecule has 1 atom stereocenters. The zero-order valence-corrected chi connectivity index (χ0v) is 20.5. The fraction of sp³-hybridized carbons (Fsp3) is 0.111. The van der Waals surface area contributed by atoms with Gasteiger partial charge >= 0.3 is 11.9 Å². The number of hydrogen-bond donors (Lipinski definition) is 4. The van der Waals surface area contributed by atoms with Gasteiger partial charge in [-0.15, -0.1) is 0 Å². The fourth-order valence-corrected chi connectivity index (χ4v) is 3.85. The number of H-pyrrole nitrogens is 1. The lowest BCUT2D eigenvalue weighted by Crippen LogP contribution is -2.17. The van der Waals surface area contributed by atoms with Gasteiger partial charge in [0.1, 0.15) is 29.0 Å². The summed E-state index contributed by atoms with van der Waals surface area (Å²) >= 11 is 0. The van der Waals surface area contributed by atoms with E-state index in [2.05, 4.69) is 25.3 Å². The van der Waals surface area contributed by atoms with Crippen LogP contribution >= 0.6 is 0 Å². The van der Waals surface area contributed by atoms with E-state index >= 15 is 0 Å². The molecule has 0 aliphatic carbocycles. The number of carbonyl (C=O) groups is 2. The van der Waals surface area contributed by atoms with Crippen LogP contribution in [0.5, 0.6) is 0 Å². The van der Waals surface area contributed by atoms with Crippen molar-refractivity contribution in [3.63, 3.8) is 0 Å². The summed E-state index contributed by atoms with van der Waals surface area (Å²) in [5.74, 6) is -2.01. The zero-order chi connectivity index (χ0) is 27.9. The Morgan fingerprint density at radius 1 is 1.08 bits per heavy atom. The van der Waals surface area contributed by atoms with Crippen LogP contribution in [0.4, 0.5) is 10.2 Å². The number of imidazole rings is 1. The van der Waals surface area contributed by atoms with Crippen molar-refractivity contribution in [1.29, 1.82) is 0 Å². The summed E-state index contributed by atoms with van der Waals surface area (Å²) in [5, 5.41) is 19.4. The number of rotatable bonds is 7. The van der Waals surface area contributed by atoms with Gasteiger partial charge < -0.3 is 24.9 Å². The number of aromatic amines is 1. The van der Waals surface area contributed by atoms with Gasteiger partial charge in [-0.25, -0.2) is 28.9 Å². The summed E-state index contributed by atoms with van der Waals surface area (Å²) in [6.45, 7) is 1.96. The minimum atomic E-state index is -1.26. The van der Waals surface area contributed by atoms with E-state index in [1.165, 1.54) is 18.5 Å². The van der Waals surface area contributed by atoms with Crippen LogP contribution in [0.15, 0.2) is 82.5 Å². The van der Waals surface area contributed by atoms with Crippen LogP contribution in [0.2, 0.25) is 0 Å². The Morgan fingerprint density at radius 2 is 1.82 bits per heavy atom. The average molecular weight is 532 g/mol. The van der Waals surface area contributed by atoms with Crippen LogP contribution in [-0.2, 0) is 9.59 Å². The van der Waals surface area contributed by atoms with E-state index in [4.69, 9.17) is 14.6 Å². The summed E-state index contributed by atoms with van der Waals surface area (Å²) in [6.07, 6.45) is 4.67. The van der Waals surface area contributed by atoms with Crippen molar-refractivity contribution in [2.45, 2.75) is 19.4 Å². The SMILES string of the molecule is CCC(Nc1ncnc2[nH]cnc12)c1oc2ccccc2c(=O)c1-c1cccc(F)c1.O=C(O)/C=C\C(=O)O. The molecule has 39 heavy (non-hydrogen) atoms. The Balaban J connectivity index is 0.000000386. The summed E-state index contributed by atoms with van der Waals surface area (Å²) in [5.41, 5.74) is 2.21. The average Bonchev–Trinajstić information content (AvgIpc) is 3.41. The Bertz CT molecular complexity index is 1730. The second-order valence-electron chi connectivity index (χ2n) is 8.11. The smallest absolute Gasteiger partial charge is 0.328 e. The Hall–Kier alpha value is -5.39. The van der Waals surface area contributed by atoms with E-state index in [0.29, 0.717) is 63.4 Å². The predicted octanol–water partition coefficient (Wildman–Crippen LogP) is 4.54. The van der Waals surface area contributed by atoms with Crippen molar-refractivity contribution < 1.29 is 28.6 Å². The third kappa shape index (κ3) is 6.13. The first-order valence-corrected chi connectivity index (χ1v) is 11.6. The molecule has 3 aromatic heterocycles. The molecule has 0 amide bonds. The molecular formula is C27H22FN5O6. The van der Waals surface area contributed by atoms with Crippen LogP contribution < -0.4 is 10.7 Å². The highest BCUT2D eigenvalue weighted by molar-refractivity contribution is 5.89. The van der Waals surface area contributed by atoms with Gasteiger partial charge in [0.25, 0.3) is 0 Å². The third-order valence-corrected chi connectivity index (χ3v) is 5.56. The summed E-state index contributed by atoms with van der Waals surface area (Å²) < 4.78 is 20.3. The molecule has 0 aliphatic heterocycles. The van der Waals surface area contributed by atoms with Gasteiger partial charge in [-0.3, -0.25) is 4.79 Å². The number of hydrogen-bond acceptors (Lipinski definition) is 8. The number of halogens is 1. The molecule has 0 saturated heterocycles. The normalized spacial score (nSPS) is 11.7. The maximum atomic E-state index is 14.0. The Labute approximate surface area is 219 Å². The highest BCUT2D eigenvalue weighted by atomic mass is 19.1. The molecule has 12 heteroatoms. The van der Waals surface area contributed by atoms with E-state index in [1.54, 1.807) is 36.7 Å². The lowest BCUT2D eigenvalue weighted by Gasteiger charge is -2.20. The number of benzene rings is 2. The molecule has 0 radical (unpaired) electrons. The first-order valence-electron chi connectivity index (χ1n) is 11.6. The minimum Gasteiger partial charge on any atom is -0.478 e. The number of para-hydroxylation sites is 1. The van der Waals surface area contributed by atoms with Crippen molar-refractivity contribution in [3.05, 3.63) is 95.1 Å². The van der Waals surface area contributed by atoms with Crippen LogP contribution in [0, 0.1) is 5.82 Å². The van der Waals surface area contributed by atoms with Gasteiger partial charge in [-0.2, -0.15) is 0 Å². The summed E-state index contributed by atoms with van der Waals surface area (Å²) in [7, 11) is 0. The largest absolute Gasteiger partial charge is 0.478 e. The van der Waals surface area contributed by atoms with Crippen LogP contribution in [-0.4, -0.2) is 42.1 Å². The van der Waals surface area contributed by atoms with Crippen LogP contribution in [0.25, 0.3) is 33.3 Å². The quantitative estimate of drug-likeness (QED) is 0.219. The number of nitrogens with zero attached hydrogens (tertiary/aromatic N) is 3. The molecular weight excluding hydrogens is 509 g/mol. The van der Waals surface area contributed by atoms with E-state index < -0.39 is 23.8 Å². The van der Waals surface area contributed by atoms with Gasteiger partial charge in [0.05, 0.1) is 23.3 Å². The molecule has 2 aromatic carbocycles. The predicted molar refractivity (Wildman–Crippen MR) is 141 cm³/mol. The minimum absolute atomic E-state index is 0.213. The highest BCUT2D eigenvalue weighted by Gasteiger charge is 2.24. The number of carboxylic acids is 2. The van der Waals surface area contributed by atoms with Gasteiger partial charge in [0.2, 0.25) is 5.43 Å². The molecule has 198 valence electrons. The van der Waals surface area contributed by atoms with Crippen molar-refractivity contribution in [2.75, 3.05) is 5.32 Å². The number of aromatic nitrogens is 4. The first-order chi connectivity index (χ1) is 18.8. The Morgan fingerprint density at radius 3 is 2.51 bits per heavy atom. The molecule has 5 aromatic rings. The lowest BCUT2D eigenvalue weighted by molar-refractivity contribution is -0.134. The maximum absolute atomic E-state index is 14.0. The molecule has 0 bridgehead atoms. The molecule has 4 N–H and O–H groups in total. The highest BCUT2D eigenvalue weighted by Crippen LogP contribution is 2.33. The fourth-order valence-electron chi connectivity index (χ4n) is 3.85. The molecule has 11 nitrogen and oxygen atoms in total. The van der Waals surface area contributed by atoms with Crippen molar-refractivity contribution >= 4 is 39.9 Å². The second-order valence-corrected chi connectivity index (χ2v) is 8.11. The molecule has 0 saturated carbocycles. The first kappa shape index (κ1) is 26.7. The van der Waals surface area contributed by atoms with Gasteiger partial charge in [0.15, 0.2) is 11.5 Å². The number of nitrogens with one attached hydrogen (secondary N) is 2. The number of anilines is 1. The molecule has 3 heterocycles. The zero-order valence-electron chi connectivity index (χ0n) is 20.5. The van der Waals surface area contributed by atoms with E-state index in [9.17, 15) is 18.8 Å². The van der Waals surface area contributed by atoms with Gasteiger partial charge in [0, 0.05) is 12.2 Å². The number of aliphatic carboxylic acids is 2. The lowest BCUT2D eigenvalue weighted by atomic mass is 9.97. The van der Waals surface area contributed by atoms with Crippen LogP contribution in [0.1, 0.15) is 25.1 Å². The van der Waals surface area contributed by atoms with Gasteiger partial charge in [-0.1, -0.05) is 31.2 Å². The second kappa shape index (κ2) is 11.8. The van der Waals surface area contributed by atoms with Crippen LogP contribution in [0.3, 0.4) is 0 Å². The topological polar surface area (TPSA) is 171 Å². The Kier molecular flexibility index (Phi) is 8.05. The molecule has 5 rings (SSSR count). The monoisotopic (exact) mass is 531 g/mol. The summed E-state index contributed by atoms with van der Waals surface area (Å²) in [4.78, 5) is 48.2. The van der Waals surface area contributed by atoms with E-state index in [1.807, 2.05) is 13.0 Å². The molecule has 1 unspecified atom stereocenters. The summed E-state index contributed by atoms with van der Waals surface area (Å²) in [6, 6.07) is 12.6. The van der Waals surface area contributed by atoms with E-state index in [-0.39, 0.29) is 5.43 Å².